The van der Waals surface area contributed by atoms with Gasteiger partial charge >= 0.3 is 0 Å². The molecule has 2 saturated heterocycles. The van der Waals surface area contributed by atoms with Gasteiger partial charge in [-0.05, 0) is 20.3 Å². The second kappa shape index (κ2) is 4.85. The number of aliphatic hydroxyl groups excluding tert-OH is 1. The third kappa shape index (κ3) is 2.81. The molecule has 2 atom stereocenters. The van der Waals surface area contributed by atoms with E-state index in [1.165, 1.54) is 0 Å². The lowest BCUT2D eigenvalue weighted by molar-refractivity contribution is -0.168. The molecule has 2 aliphatic rings. The van der Waals surface area contributed by atoms with Gasteiger partial charge in [0.2, 0.25) is 11.8 Å². The highest BCUT2D eigenvalue weighted by Gasteiger charge is 2.39. The number of amides is 2. The molecule has 2 rings (SSSR count). The Kier molecular flexibility index (Phi) is 3.59. The van der Waals surface area contributed by atoms with Crippen molar-refractivity contribution in [3.63, 3.8) is 0 Å². The van der Waals surface area contributed by atoms with Crippen molar-refractivity contribution in [2.75, 3.05) is 19.7 Å². The fourth-order valence-electron chi connectivity index (χ4n) is 2.58. The van der Waals surface area contributed by atoms with Crippen molar-refractivity contribution in [3.8, 4) is 0 Å². The van der Waals surface area contributed by atoms with E-state index in [0.29, 0.717) is 25.9 Å². The van der Waals surface area contributed by atoms with E-state index in [1.807, 2.05) is 13.8 Å². The molecule has 2 amide bonds. The number of morpholine rings is 1. The molecule has 2 heterocycles. The zero-order valence-corrected chi connectivity index (χ0v) is 10.8. The first kappa shape index (κ1) is 13.3. The number of nitrogens with zero attached hydrogens (tertiary/aromatic N) is 1. The van der Waals surface area contributed by atoms with Crippen molar-refractivity contribution >= 4 is 11.8 Å². The molecule has 0 aromatic rings. The number of rotatable bonds is 2. The Balaban J connectivity index is 2.03. The maximum absolute atomic E-state index is 12.3. The Labute approximate surface area is 106 Å². The van der Waals surface area contributed by atoms with Gasteiger partial charge in [-0.1, -0.05) is 0 Å². The van der Waals surface area contributed by atoms with Crippen molar-refractivity contribution < 1.29 is 19.4 Å². The van der Waals surface area contributed by atoms with Gasteiger partial charge in [0.05, 0.1) is 18.3 Å². The molecule has 18 heavy (non-hydrogen) atoms. The van der Waals surface area contributed by atoms with Crippen molar-refractivity contribution in [2.45, 2.75) is 44.4 Å². The molecule has 102 valence electrons. The molecule has 2 N–H and O–H groups in total. The average molecular weight is 256 g/mol. The Morgan fingerprint density at radius 3 is 2.89 bits per heavy atom. The maximum atomic E-state index is 12.3. The van der Waals surface area contributed by atoms with Crippen molar-refractivity contribution in [1.29, 1.82) is 0 Å². The average Bonchev–Trinajstić information content (AvgIpc) is 2.72. The zero-order chi connectivity index (χ0) is 13.3. The first-order valence-electron chi connectivity index (χ1n) is 6.28. The molecule has 2 aliphatic heterocycles. The summed E-state index contributed by atoms with van der Waals surface area (Å²) >= 11 is 0. The second-order valence-corrected chi connectivity index (χ2v) is 5.56. The lowest BCUT2D eigenvalue weighted by atomic mass is 10.0. The summed E-state index contributed by atoms with van der Waals surface area (Å²) in [6.07, 6.45) is 0.613. The fraction of sp³-hybridized carbons (Fsp3) is 0.833. The van der Waals surface area contributed by atoms with Crippen LogP contribution in [0.4, 0.5) is 0 Å². The molecule has 6 heteroatoms. The van der Waals surface area contributed by atoms with E-state index in [2.05, 4.69) is 5.32 Å². The van der Waals surface area contributed by atoms with Gasteiger partial charge in [0, 0.05) is 19.5 Å². The van der Waals surface area contributed by atoms with Crippen LogP contribution in [0.1, 0.15) is 26.7 Å². The lowest BCUT2D eigenvalue weighted by Crippen LogP contribution is -2.58. The summed E-state index contributed by atoms with van der Waals surface area (Å²) in [4.78, 5) is 25.1. The Bertz CT molecular complexity index is 356. The molecular weight excluding hydrogens is 236 g/mol. The summed E-state index contributed by atoms with van der Waals surface area (Å²) in [6, 6.07) is -0.411. The van der Waals surface area contributed by atoms with Crippen LogP contribution in [-0.2, 0) is 14.3 Å². The number of nitrogens with one attached hydrogen (secondary N) is 1. The van der Waals surface area contributed by atoms with E-state index in [0.717, 1.165) is 0 Å². The molecule has 6 nitrogen and oxygen atoms in total. The van der Waals surface area contributed by atoms with Gasteiger partial charge in [-0.3, -0.25) is 9.59 Å². The van der Waals surface area contributed by atoms with Gasteiger partial charge in [0.1, 0.15) is 6.04 Å². The zero-order valence-electron chi connectivity index (χ0n) is 10.8. The predicted octanol–water partition coefficient (Wildman–Crippen LogP) is -0.737. The quantitative estimate of drug-likeness (QED) is 0.682. The van der Waals surface area contributed by atoms with Crippen LogP contribution in [0.2, 0.25) is 0 Å². The molecule has 0 aromatic heterocycles. The maximum Gasteiger partial charge on any atom is 0.245 e. The summed E-state index contributed by atoms with van der Waals surface area (Å²) in [5.74, 6) is -0.143. The van der Waals surface area contributed by atoms with Gasteiger partial charge in [0.15, 0.2) is 0 Å². The van der Waals surface area contributed by atoms with Crippen LogP contribution in [0.5, 0.6) is 0 Å². The van der Waals surface area contributed by atoms with E-state index in [1.54, 1.807) is 4.90 Å². The minimum atomic E-state index is -0.468. The highest BCUT2D eigenvalue weighted by atomic mass is 16.5. The molecular formula is C12H20N2O4. The Morgan fingerprint density at radius 2 is 2.33 bits per heavy atom. The van der Waals surface area contributed by atoms with Crippen molar-refractivity contribution in [3.05, 3.63) is 0 Å². The van der Waals surface area contributed by atoms with Gasteiger partial charge in [-0.2, -0.15) is 0 Å². The summed E-state index contributed by atoms with van der Waals surface area (Å²) in [5, 5.41) is 11.9. The van der Waals surface area contributed by atoms with Crippen molar-refractivity contribution in [1.82, 2.24) is 10.2 Å². The molecule has 0 radical (unpaired) electrons. The summed E-state index contributed by atoms with van der Waals surface area (Å²) in [7, 11) is 0. The van der Waals surface area contributed by atoms with E-state index >= 15 is 0 Å². The third-order valence-electron chi connectivity index (χ3n) is 3.29. The van der Waals surface area contributed by atoms with Gasteiger partial charge in [-0.15, -0.1) is 0 Å². The Hall–Kier alpha value is -1.14. The monoisotopic (exact) mass is 256 g/mol. The smallest absolute Gasteiger partial charge is 0.245 e. The van der Waals surface area contributed by atoms with Crippen LogP contribution in [0, 0.1) is 0 Å². The number of ether oxygens (including phenoxy) is 1. The van der Waals surface area contributed by atoms with E-state index < -0.39 is 11.6 Å². The topological polar surface area (TPSA) is 78.9 Å². The summed E-state index contributed by atoms with van der Waals surface area (Å²) in [5.41, 5.74) is -0.468. The van der Waals surface area contributed by atoms with E-state index in [9.17, 15) is 14.7 Å². The van der Waals surface area contributed by atoms with Crippen LogP contribution in [0.15, 0.2) is 0 Å². The minimum absolute atomic E-state index is 0.0698. The number of carbonyl (C=O) groups excluding carboxylic acids is 2. The number of carbonyl (C=O) groups is 2. The van der Waals surface area contributed by atoms with Crippen LogP contribution in [0.3, 0.4) is 0 Å². The molecule has 0 saturated carbocycles. The highest BCUT2D eigenvalue weighted by Crippen LogP contribution is 2.22. The molecule has 0 aliphatic carbocycles. The molecule has 0 bridgehead atoms. The second-order valence-electron chi connectivity index (χ2n) is 5.56. The standard InChI is InChI=1S/C12H20N2O4/c1-12(2)7-14(5-8(6-15)18-12)11(17)9-3-4-10(16)13-9/h8-9,15H,3-7H2,1-2H3,(H,13,16). The van der Waals surface area contributed by atoms with Crippen LogP contribution < -0.4 is 5.32 Å². The first-order chi connectivity index (χ1) is 8.41. The van der Waals surface area contributed by atoms with Crippen molar-refractivity contribution in [2.24, 2.45) is 0 Å². The number of aliphatic hydroxyl groups is 1. The lowest BCUT2D eigenvalue weighted by Gasteiger charge is -2.43. The van der Waals surface area contributed by atoms with Crippen LogP contribution in [0.25, 0.3) is 0 Å². The van der Waals surface area contributed by atoms with Gasteiger partial charge in [-0.25, -0.2) is 0 Å². The molecule has 2 unspecified atom stereocenters. The van der Waals surface area contributed by atoms with Crippen LogP contribution in [-0.4, -0.2) is 59.3 Å². The summed E-state index contributed by atoms with van der Waals surface area (Å²) in [6.45, 7) is 4.54. The van der Waals surface area contributed by atoms with Crippen LogP contribution >= 0.6 is 0 Å². The molecule has 0 spiro atoms. The van der Waals surface area contributed by atoms with E-state index in [4.69, 9.17) is 4.74 Å². The number of hydrogen-bond acceptors (Lipinski definition) is 4. The third-order valence-corrected chi connectivity index (χ3v) is 3.29. The summed E-state index contributed by atoms with van der Waals surface area (Å²) < 4.78 is 5.66. The normalized spacial score (nSPS) is 31.3. The fourth-order valence-corrected chi connectivity index (χ4v) is 2.58. The van der Waals surface area contributed by atoms with Gasteiger partial charge < -0.3 is 20.1 Å². The largest absolute Gasteiger partial charge is 0.394 e. The molecule has 0 aromatic carbocycles. The molecule has 2 fully saturated rings. The highest BCUT2D eigenvalue weighted by molar-refractivity contribution is 5.90. The Morgan fingerprint density at radius 1 is 1.61 bits per heavy atom. The van der Waals surface area contributed by atoms with Gasteiger partial charge in [0.25, 0.3) is 0 Å². The first-order valence-corrected chi connectivity index (χ1v) is 6.28. The van der Waals surface area contributed by atoms with E-state index in [-0.39, 0.29) is 24.5 Å². The number of hydrogen-bond donors (Lipinski definition) is 2. The SMILES string of the molecule is CC1(C)CN(C(=O)C2CCC(=O)N2)CC(CO)O1. The minimum Gasteiger partial charge on any atom is -0.394 e. The predicted molar refractivity (Wildman–Crippen MR) is 63.8 cm³/mol.